The molecule has 2 rings (SSSR count). The van der Waals surface area contributed by atoms with Crippen molar-refractivity contribution in [3.05, 3.63) is 53.0 Å². The lowest BCUT2D eigenvalue weighted by atomic mass is 10.1. The molecule has 0 radical (unpaired) electrons. The van der Waals surface area contributed by atoms with Crippen molar-refractivity contribution < 1.29 is 23.8 Å². The fraction of sp³-hybridized carbons (Fsp3) is 0.316. The Balaban J connectivity index is 1.90. The molecule has 0 spiro atoms. The Morgan fingerprint density at radius 3 is 2.73 bits per heavy atom. The number of carbonyl (C=O) groups excluding carboxylic acids is 1. The Kier molecular flexibility index (Phi) is 6.54. The van der Waals surface area contributed by atoms with E-state index in [1.807, 2.05) is 25.1 Å². The number of benzene rings is 1. The number of nitrogens with one attached hydrogen (secondary N) is 1. The highest BCUT2D eigenvalue weighted by atomic mass is 16.5. The van der Waals surface area contributed by atoms with Crippen LogP contribution >= 0.6 is 0 Å². The molecule has 0 fully saturated rings. The van der Waals surface area contributed by atoms with Gasteiger partial charge in [0, 0.05) is 12.0 Å². The van der Waals surface area contributed by atoms with Gasteiger partial charge >= 0.3 is 5.97 Å². The number of hydrazone groups is 1. The maximum Gasteiger partial charge on any atom is 0.303 e. The monoisotopic (exact) mass is 358 g/mol. The molecule has 0 saturated carbocycles. The summed E-state index contributed by atoms with van der Waals surface area (Å²) in [4.78, 5) is 22.5. The first-order valence-corrected chi connectivity index (χ1v) is 8.19. The fourth-order valence-corrected chi connectivity index (χ4v) is 2.35. The molecule has 0 aliphatic carbocycles. The third kappa shape index (κ3) is 5.77. The van der Waals surface area contributed by atoms with Crippen molar-refractivity contribution in [3.8, 4) is 5.75 Å². The first-order chi connectivity index (χ1) is 12.3. The maximum absolute atomic E-state index is 11.9. The SMILES string of the molecule is C/C(=N/NC(=O)COc1cccc(C)c1)c1cc(CCC(=O)O)oc1C. The van der Waals surface area contributed by atoms with Gasteiger partial charge in [0.25, 0.3) is 5.91 Å². The summed E-state index contributed by atoms with van der Waals surface area (Å²) < 4.78 is 10.9. The minimum Gasteiger partial charge on any atom is -0.484 e. The predicted octanol–water partition coefficient (Wildman–Crippen LogP) is 2.83. The number of carbonyl (C=O) groups is 2. The molecule has 1 amide bonds. The molecule has 0 atom stereocenters. The van der Waals surface area contributed by atoms with Gasteiger partial charge in [0.2, 0.25) is 0 Å². The summed E-state index contributed by atoms with van der Waals surface area (Å²) in [5.41, 5.74) is 4.78. The lowest BCUT2D eigenvalue weighted by Crippen LogP contribution is -2.25. The summed E-state index contributed by atoms with van der Waals surface area (Å²) >= 11 is 0. The molecule has 26 heavy (non-hydrogen) atoms. The van der Waals surface area contributed by atoms with Gasteiger partial charge in [0.15, 0.2) is 6.61 Å². The molecule has 138 valence electrons. The van der Waals surface area contributed by atoms with Gasteiger partial charge in [-0.25, -0.2) is 5.43 Å². The third-order valence-electron chi connectivity index (χ3n) is 3.65. The van der Waals surface area contributed by atoms with Crippen molar-refractivity contribution in [2.45, 2.75) is 33.6 Å². The van der Waals surface area contributed by atoms with Gasteiger partial charge in [-0.3, -0.25) is 9.59 Å². The van der Waals surface area contributed by atoms with Crippen molar-refractivity contribution in [1.29, 1.82) is 0 Å². The summed E-state index contributed by atoms with van der Waals surface area (Å²) in [5.74, 6) is 0.556. The van der Waals surface area contributed by atoms with Gasteiger partial charge in [-0.05, 0) is 44.5 Å². The average Bonchev–Trinajstić information content (AvgIpc) is 2.97. The van der Waals surface area contributed by atoms with Crippen LogP contribution in [0.2, 0.25) is 0 Å². The summed E-state index contributed by atoms with van der Waals surface area (Å²) in [6, 6.07) is 9.16. The Labute approximate surface area is 151 Å². The molecular weight excluding hydrogens is 336 g/mol. The van der Waals surface area contributed by atoms with Crippen molar-refractivity contribution in [2.24, 2.45) is 5.10 Å². The van der Waals surface area contributed by atoms with Crippen LogP contribution in [-0.4, -0.2) is 29.3 Å². The van der Waals surface area contributed by atoms with E-state index in [0.29, 0.717) is 29.4 Å². The topological polar surface area (TPSA) is 101 Å². The highest BCUT2D eigenvalue weighted by molar-refractivity contribution is 6.00. The number of ether oxygens (including phenoxy) is 1. The summed E-state index contributed by atoms with van der Waals surface area (Å²) in [7, 11) is 0. The van der Waals surface area contributed by atoms with E-state index < -0.39 is 5.97 Å². The molecular formula is C19H22N2O5. The van der Waals surface area contributed by atoms with E-state index in [2.05, 4.69) is 10.5 Å². The van der Waals surface area contributed by atoms with E-state index in [9.17, 15) is 9.59 Å². The molecule has 0 aliphatic rings. The van der Waals surface area contributed by atoms with Crippen LogP contribution in [0.25, 0.3) is 0 Å². The van der Waals surface area contributed by atoms with Crippen LogP contribution in [0.3, 0.4) is 0 Å². The van der Waals surface area contributed by atoms with E-state index in [1.54, 1.807) is 26.0 Å². The van der Waals surface area contributed by atoms with Gasteiger partial charge in [0.05, 0.1) is 12.1 Å². The highest BCUT2D eigenvalue weighted by Gasteiger charge is 2.12. The molecule has 0 saturated heterocycles. The molecule has 0 bridgehead atoms. The molecule has 0 aliphatic heterocycles. The van der Waals surface area contributed by atoms with E-state index in [0.717, 1.165) is 11.1 Å². The summed E-state index contributed by atoms with van der Waals surface area (Å²) in [5, 5.41) is 12.8. The number of aliphatic carboxylic acids is 1. The van der Waals surface area contributed by atoms with Crippen molar-refractivity contribution in [3.63, 3.8) is 0 Å². The Morgan fingerprint density at radius 1 is 1.27 bits per heavy atom. The van der Waals surface area contributed by atoms with Gasteiger partial charge in [-0.1, -0.05) is 12.1 Å². The second-order valence-corrected chi connectivity index (χ2v) is 5.91. The summed E-state index contributed by atoms with van der Waals surface area (Å²) in [6.45, 7) is 5.30. The lowest BCUT2D eigenvalue weighted by molar-refractivity contribution is -0.137. The Hall–Kier alpha value is -3.09. The molecule has 2 aromatic rings. The van der Waals surface area contributed by atoms with Gasteiger partial charge in [0.1, 0.15) is 17.3 Å². The number of furan rings is 1. The highest BCUT2D eigenvalue weighted by Crippen LogP contribution is 2.17. The van der Waals surface area contributed by atoms with Crippen LogP contribution < -0.4 is 10.2 Å². The minimum atomic E-state index is -0.883. The first kappa shape index (κ1) is 19.2. The van der Waals surface area contributed by atoms with Crippen molar-refractivity contribution in [1.82, 2.24) is 5.43 Å². The normalized spacial score (nSPS) is 11.3. The largest absolute Gasteiger partial charge is 0.484 e. The van der Waals surface area contributed by atoms with Gasteiger partial charge in [-0.15, -0.1) is 0 Å². The number of hydrogen-bond acceptors (Lipinski definition) is 5. The van der Waals surface area contributed by atoms with Crippen molar-refractivity contribution >= 4 is 17.6 Å². The van der Waals surface area contributed by atoms with Crippen LogP contribution in [0.15, 0.2) is 39.9 Å². The van der Waals surface area contributed by atoms with Crippen LogP contribution in [0.4, 0.5) is 0 Å². The number of nitrogens with zero attached hydrogens (tertiary/aromatic N) is 1. The third-order valence-corrected chi connectivity index (χ3v) is 3.65. The van der Waals surface area contributed by atoms with Crippen molar-refractivity contribution in [2.75, 3.05) is 6.61 Å². The lowest BCUT2D eigenvalue weighted by Gasteiger charge is -2.06. The molecule has 7 nitrogen and oxygen atoms in total. The van der Waals surface area contributed by atoms with E-state index in [-0.39, 0.29) is 18.9 Å². The second-order valence-electron chi connectivity index (χ2n) is 5.91. The number of carboxylic acids is 1. The van der Waals surface area contributed by atoms with Gasteiger partial charge < -0.3 is 14.3 Å². The second kappa shape index (κ2) is 8.84. The molecule has 1 aromatic carbocycles. The van der Waals surface area contributed by atoms with Crippen LogP contribution in [0, 0.1) is 13.8 Å². The smallest absolute Gasteiger partial charge is 0.303 e. The zero-order valence-corrected chi connectivity index (χ0v) is 15.0. The zero-order chi connectivity index (χ0) is 19.1. The Morgan fingerprint density at radius 2 is 2.04 bits per heavy atom. The molecule has 1 aromatic heterocycles. The Bertz CT molecular complexity index is 823. The van der Waals surface area contributed by atoms with E-state index in [1.165, 1.54) is 0 Å². The number of carboxylic acid groups (broad SMARTS) is 1. The van der Waals surface area contributed by atoms with Crippen LogP contribution in [0.1, 0.15) is 36.0 Å². The number of hydrogen-bond donors (Lipinski definition) is 2. The van der Waals surface area contributed by atoms with E-state index in [4.69, 9.17) is 14.3 Å². The zero-order valence-electron chi connectivity index (χ0n) is 15.0. The number of aryl methyl sites for hydroxylation is 3. The molecule has 0 unspecified atom stereocenters. The van der Waals surface area contributed by atoms with E-state index >= 15 is 0 Å². The van der Waals surface area contributed by atoms with Gasteiger partial charge in [-0.2, -0.15) is 5.10 Å². The molecule has 1 heterocycles. The minimum absolute atomic E-state index is 0.00435. The number of amides is 1. The van der Waals surface area contributed by atoms with Crippen LogP contribution in [-0.2, 0) is 16.0 Å². The molecule has 2 N–H and O–H groups in total. The fourth-order valence-electron chi connectivity index (χ4n) is 2.35. The average molecular weight is 358 g/mol. The standard InChI is InChI=1S/C19H22N2O5/c1-12-5-4-6-15(9-12)25-11-18(22)21-20-13(2)17-10-16(26-14(17)3)7-8-19(23)24/h4-6,9-10H,7-8,11H2,1-3H3,(H,21,22)(H,23,24)/b20-13-. The van der Waals surface area contributed by atoms with Crippen LogP contribution in [0.5, 0.6) is 5.75 Å². The quantitative estimate of drug-likeness (QED) is 0.558. The number of rotatable bonds is 8. The predicted molar refractivity (Wildman–Crippen MR) is 96.4 cm³/mol. The maximum atomic E-state index is 11.9. The summed E-state index contributed by atoms with van der Waals surface area (Å²) in [6.07, 6.45) is 0.301. The molecule has 7 heteroatoms. The first-order valence-electron chi connectivity index (χ1n) is 8.19.